The molecule has 0 saturated heterocycles. The third-order valence-corrected chi connectivity index (χ3v) is 4.97. The van der Waals surface area contributed by atoms with E-state index in [2.05, 4.69) is 0 Å². The molecule has 0 heterocycles. The lowest BCUT2D eigenvalue weighted by Crippen LogP contribution is -2.25. The molecule has 0 aromatic heterocycles. The Labute approximate surface area is 168 Å². The highest BCUT2D eigenvalue weighted by Gasteiger charge is 2.37. The second-order valence-corrected chi connectivity index (χ2v) is 6.78. The van der Waals surface area contributed by atoms with Gasteiger partial charge in [0.25, 0.3) is 0 Å². The minimum Gasteiger partial charge on any atom is -0.496 e. The van der Waals surface area contributed by atoms with Crippen molar-refractivity contribution < 1.29 is 28.7 Å². The highest BCUT2D eigenvalue weighted by Crippen LogP contribution is 2.40. The Morgan fingerprint density at radius 2 is 1.69 bits per heavy atom. The number of hydrogen-bond donors (Lipinski definition) is 0. The number of Topliss-reactive ketones (excluding diaryl/α,β-unsaturated/α-hetero) is 1. The van der Waals surface area contributed by atoms with Crippen molar-refractivity contribution in [2.75, 3.05) is 7.11 Å². The van der Waals surface area contributed by atoms with Gasteiger partial charge in [-0.1, -0.05) is 18.2 Å². The van der Waals surface area contributed by atoms with Gasteiger partial charge in [0.2, 0.25) is 5.78 Å². The molecule has 6 heteroatoms. The molecule has 0 fully saturated rings. The molecule has 29 heavy (non-hydrogen) atoms. The van der Waals surface area contributed by atoms with E-state index in [-0.39, 0.29) is 45.1 Å². The molecule has 0 unspecified atom stereocenters. The Morgan fingerprint density at radius 3 is 2.28 bits per heavy atom. The summed E-state index contributed by atoms with van der Waals surface area (Å²) in [5, 5.41) is 0. The van der Waals surface area contributed by atoms with Gasteiger partial charge in [-0.3, -0.25) is 14.4 Å². The molecule has 2 aromatic carbocycles. The van der Waals surface area contributed by atoms with Crippen molar-refractivity contribution in [3.8, 4) is 11.5 Å². The Bertz CT molecular complexity index is 1120. The lowest BCUT2D eigenvalue weighted by atomic mass is 9.80. The van der Waals surface area contributed by atoms with Crippen LogP contribution >= 0.6 is 0 Å². The van der Waals surface area contributed by atoms with Gasteiger partial charge in [-0.25, -0.2) is 4.79 Å². The molecular weight excluding hydrogens is 372 g/mol. The van der Waals surface area contributed by atoms with Crippen LogP contribution < -0.4 is 9.47 Å². The molecule has 0 saturated carbocycles. The number of hydrogen-bond acceptors (Lipinski definition) is 6. The van der Waals surface area contributed by atoms with Gasteiger partial charge in [-0.05, 0) is 45.4 Å². The van der Waals surface area contributed by atoms with Crippen molar-refractivity contribution in [1.29, 1.82) is 0 Å². The predicted molar refractivity (Wildman–Crippen MR) is 106 cm³/mol. The number of ether oxygens (including phenoxy) is 2. The number of aryl methyl sites for hydroxylation is 1. The number of carbonyl (C=O) groups excluding carboxylic acids is 4. The smallest absolute Gasteiger partial charge is 0.338 e. The number of methoxy groups -OCH3 is 1. The monoisotopic (exact) mass is 392 g/mol. The summed E-state index contributed by atoms with van der Waals surface area (Å²) in [6, 6.07) is 6.24. The summed E-state index contributed by atoms with van der Waals surface area (Å²) >= 11 is 0. The minimum atomic E-state index is -0.700. The van der Waals surface area contributed by atoms with Gasteiger partial charge in [-0.2, -0.15) is 0 Å². The van der Waals surface area contributed by atoms with Gasteiger partial charge in [-0.15, -0.1) is 0 Å². The van der Waals surface area contributed by atoms with E-state index in [0.29, 0.717) is 11.1 Å². The average molecular weight is 392 g/mol. The van der Waals surface area contributed by atoms with Crippen molar-refractivity contribution in [3.63, 3.8) is 0 Å². The summed E-state index contributed by atoms with van der Waals surface area (Å²) in [7, 11) is 1.40. The first-order valence-corrected chi connectivity index (χ1v) is 9.02. The summed E-state index contributed by atoms with van der Waals surface area (Å²) in [5.74, 6) is -1.96. The van der Waals surface area contributed by atoms with Crippen molar-refractivity contribution in [2.24, 2.45) is 0 Å². The molecule has 6 nitrogen and oxygen atoms in total. The van der Waals surface area contributed by atoms with Crippen LogP contribution in [0.15, 0.2) is 35.9 Å². The van der Waals surface area contributed by atoms with E-state index in [1.165, 1.54) is 20.1 Å². The molecule has 0 aliphatic heterocycles. The average Bonchev–Trinajstić information content (AvgIpc) is 2.69. The van der Waals surface area contributed by atoms with E-state index in [1.54, 1.807) is 45.0 Å². The van der Waals surface area contributed by atoms with Crippen LogP contribution in [0.5, 0.6) is 11.5 Å². The van der Waals surface area contributed by atoms with Gasteiger partial charge < -0.3 is 9.47 Å². The molecule has 0 radical (unpaired) electrons. The molecule has 1 aliphatic rings. The van der Waals surface area contributed by atoms with Gasteiger partial charge in [0.1, 0.15) is 5.75 Å². The third kappa shape index (κ3) is 3.16. The maximum absolute atomic E-state index is 13.4. The number of ketones is 3. The molecule has 0 bridgehead atoms. The van der Waals surface area contributed by atoms with Crippen molar-refractivity contribution in [2.45, 2.75) is 27.7 Å². The first kappa shape index (κ1) is 20.2. The summed E-state index contributed by atoms with van der Waals surface area (Å²) in [6.45, 7) is 6.18. The maximum Gasteiger partial charge on any atom is 0.338 e. The highest BCUT2D eigenvalue weighted by atomic mass is 16.5. The zero-order chi connectivity index (χ0) is 21.5. The maximum atomic E-state index is 13.4. The molecule has 0 amide bonds. The second kappa shape index (κ2) is 7.47. The standard InChI is InChI=1S/C23H20O6/c1-6-11(2)23(27)29-22-17(13(4)24)12(3)10-15-19(22)21(26)18-14(20(15)25)8-7-9-16(18)28-5/h6-10H,1-5H3/b11-6+. The zero-order valence-corrected chi connectivity index (χ0v) is 16.8. The predicted octanol–water partition coefficient (Wildman–Crippen LogP) is 3.85. The van der Waals surface area contributed by atoms with Crippen LogP contribution in [0.2, 0.25) is 0 Å². The van der Waals surface area contributed by atoms with Crippen LogP contribution in [0, 0.1) is 6.92 Å². The molecule has 1 aliphatic carbocycles. The molecule has 0 spiro atoms. The largest absolute Gasteiger partial charge is 0.496 e. The summed E-state index contributed by atoms with van der Waals surface area (Å²) in [6.07, 6.45) is 1.56. The highest BCUT2D eigenvalue weighted by molar-refractivity contribution is 6.31. The van der Waals surface area contributed by atoms with E-state index in [1.807, 2.05) is 0 Å². The number of allylic oxidation sites excluding steroid dienone is 1. The zero-order valence-electron chi connectivity index (χ0n) is 16.8. The molecular formula is C23H20O6. The SMILES string of the molecule is C/C=C(\C)C(=O)Oc1c(C(C)=O)c(C)cc2c1C(=O)c1c(OC)cccc1C2=O. The van der Waals surface area contributed by atoms with Crippen LogP contribution in [0.25, 0.3) is 0 Å². The second-order valence-electron chi connectivity index (χ2n) is 6.78. The van der Waals surface area contributed by atoms with Crippen LogP contribution in [-0.4, -0.2) is 30.4 Å². The fourth-order valence-corrected chi connectivity index (χ4v) is 3.42. The van der Waals surface area contributed by atoms with Crippen LogP contribution in [0.4, 0.5) is 0 Å². The third-order valence-electron chi connectivity index (χ3n) is 4.97. The van der Waals surface area contributed by atoms with Gasteiger partial charge in [0.05, 0.1) is 23.8 Å². The van der Waals surface area contributed by atoms with Crippen molar-refractivity contribution >= 4 is 23.3 Å². The summed E-state index contributed by atoms with van der Waals surface area (Å²) in [4.78, 5) is 51.3. The number of carbonyl (C=O) groups is 4. The molecule has 3 rings (SSSR count). The van der Waals surface area contributed by atoms with E-state index in [4.69, 9.17) is 9.47 Å². The number of benzene rings is 2. The van der Waals surface area contributed by atoms with Gasteiger partial charge >= 0.3 is 5.97 Å². The van der Waals surface area contributed by atoms with Gasteiger partial charge in [0, 0.05) is 16.7 Å². The van der Waals surface area contributed by atoms with Crippen LogP contribution in [0.3, 0.4) is 0 Å². The fraction of sp³-hybridized carbons (Fsp3) is 0.217. The van der Waals surface area contributed by atoms with E-state index >= 15 is 0 Å². The Balaban J connectivity index is 2.37. The number of rotatable bonds is 4. The Hall–Kier alpha value is -3.54. The fourth-order valence-electron chi connectivity index (χ4n) is 3.42. The Morgan fingerprint density at radius 1 is 1.00 bits per heavy atom. The quantitative estimate of drug-likeness (QED) is 0.290. The topological polar surface area (TPSA) is 86.7 Å². The lowest BCUT2D eigenvalue weighted by molar-refractivity contribution is -0.130. The normalized spacial score (nSPS) is 12.9. The number of esters is 1. The van der Waals surface area contributed by atoms with E-state index < -0.39 is 17.5 Å². The van der Waals surface area contributed by atoms with E-state index in [0.717, 1.165) is 0 Å². The van der Waals surface area contributed by atoms with Crippen LogP contribution in [-0.2, 0) is 4.79 Å². The van der Waals surface area contributed by atoms with Crippen LogP contribution in [0.1, 0.15) is 68.5 Å². The molecule has 0 atom stereocenters. The molecule has 148 valence electrons. The lowest BCUT2D eigenvalue weighted by Gasteiger charge is -2.24. The Kier molecular flexibility index (Phi) is 5.20. The molecule has 2 aromatic rings. The van der Waals surface area contributed by atoms with Crippen molar-refractivity contribution in [1.82, 2.24) is 0 Å². The first-order chi connectivity index (χ1) is 13.7. The van der Waals surface area contributed by atoms with E-state index in [9.17, 15) is 19.2 Å². The summed E-state index contributed by atoms with van der Waals surface area (Å²) in [5.41, 5.74) is 1.15. The summed E-state index contributed by atoms with van der Waals surface area (Å²) < 4.78 is 10.8. The number of fused-ring (bicyclic) bond motifs is 2. The van der Waals surface area contributed by atoms with Gasteiger partial charge in [0.15, 0.2) is 17.3 Å². The first-order valence-electron chi connectivity index (χ1n) is 9.02. The van der Waals surface area contributed by atoms with Crippen molar-refractivity contribution in [3.05, 3.63) is 69.3 Å². The molecule has 0 N–H and O–H groups in total. The minimum absolute atomic E-state index is 0.0888.